The SMILES string of the molecule is CC[C@H]1CN(c2ccc(C(=O)OC)nc2Br)CCN1. The molecule has 1 aromatic rings. The Morgan fingerprint density at radius 2 is 2.42 bits per heavy atom. The summed E-state index contributed by atoms with van der Waals surface area (Å²) in [6.07, 6.45) is 1.10. The van der Waals surface area contributed by atoms with Gasteiger partial charge in [-0.3, -0.25) is 0 Å². The van der Waals surface area contributed by atoms with Crippen LogP contribution in [0.5, 0.6) is 0 Å². The van der Waals surface area contributed by atoms with E-state index in [0.29, 0.717) is 16.3 Å². The number of nitrogens with one attached hydrogen (secondary N) is 1. The van der Waals surface area contributed by atoms with Crippen LogP contribution in [0, 0.1) is 0 Å². The molecule has 0 aliphatic carbocycles. The van der Waals surface area contributed by atoms with Crippen LogP contribution in [-0.4, -0.2) is 43.7 Å². The maximum Gasteiger partial charge on any atom is 0.356 e. The summed E-state index contributed by atoms with van der Waals surface area (Å²) in [6.45, 7) is 5.03. The summed E-state index contributed by atoms with van der Waals surface area (Å²) in [5.41, 5.74) is 1.34. The fourth-order valence-electron chi connectivity index (χ4n) is 2.20. The maximum absolute atomic E-state index is 11.4. The number of carbonyl (C=O) groups excluding carboxylic acids is 1. The van der Waals surface area contributed by atoms with Gasteiger partial charge in [-0.15, -0.1) is 0 Å². The third kappa shape index (κ3) is 3.25. The minimum Gasteiger partial charge on any atom is -0.464 e. The summed E-state index contributed by atoms with van der Waals surface area (Å²) < 4.78 is 5.35. The first-order valence-corrected chi connectivity index (χ1v) is 7.18. The number of hydrogen-bond donors (Lipinski definition) is 1. The van der Waals surface area contributed by atoms with Gasteiger partial charge >= 0.3 is 5.97 Å². The molecule has 0 amide bonds. The zero-order valence-corrected chi connectivity index (χ0v) is 12.7. The monoisotopic (exact) mass is 327 g/mol. The molecule has 1 fully saturated rings. The molecule has 0 spiro atoms. The van der Waals surface area contributed by atoms with Crippen molar-refractivity contribution in [2.45, 2.75) is 19.4 Å². The van der Waals surface area contributed by atoms with Gasteiger partial charge in [0, 0.05) is 25.7 Å². The number of carbonyl (C=O) groups is 1. The van der Waals surface area contributed by atoms with Crippen LogP contribution in [0.3, 0.4) is 0 Å². The molecule has 0 saturated carbocycles. The summed E-state index contributed by atoms with van der Waals surface area (Å²) in [5.74, 6) is -0.418. The Balaban J connectivity index is 2.18. The van der Waals surface area contributed by atoms with Gasteiger partial charge in [0.15, 0.2) is 0 Å². The Hall–Kier alpha value is -1.14. The summed E-state index contributed by atoms with van der Waals surface area (Å²) in [4.78, 5) is 18.0. The first kappa shape index (κ1) is 14.3. The quantitative estimate of drug-likeness (QED) is 0.678. The highest BCUT2D eigenvalue weighted by Gasteiger charge is 2.21. The Morgan fingerprint density at radius 1 is 1.63 bits per heavy atom. The number of methoxy groups -OCH3 is 1. The van der Waals surface area contributed by atoms with Crippen molar-refractivity contribution in [3.8, 4) is 0 Å². The lowest BCUT2D eigenvalue weighted by molar-refractivity contribution is 0.0594. The minimum atomic E-state index is -0.418. The lowest BCUT2D eigenvalue weighted by atomic mass is 10.1. The first-order chi connectivity index (χ1) is 9.15. The van der Waals surface area contributed by atoms with Crippen molar-refractivity contribution in [1.82, 2.24) is 10.3 Å². The fraction of sp³-hybridized carbons (Fsp3) is 0.538. The average Bonchev–Trinajstić information content (AvgIpc) is 2.46. The molecule has 0 aromatic carbocycles. The highest BCUT2D eigenvalue weighted by molar-refractivity contribution is 9.10. The molecule has 1 N–H and O–H groups in total. The predicted molar refractivity (Wildman–Crippen MR) is 77.6 cm³/mol. The third-order valence-electron chi connectivity index (χ3n) is 3.31. The molecule has 0 unspecified atom stereocenters. The lowest BCUT2D eigenvalue weighted by Crippen LogP contribution is -2.50. The third-order valence-corrected chi connectivity index (χ3v) is 3.90. The van der Waals surface area contributed by atoms with E-state index in [4.69, 9.17) is 0 Å². The molecule has 1 aliphatic rings. The van der Waals surface area contributed by atoms with Gasteiger partial charge < -0.3 is 15.0 Å². The van der Waals surface area contributed by atoms with Crippen LogP contribution >= 0.6 is 15.9 Å². The van der Waals surface area contributed by atoms with Crippen LogP contribution in [-0.2, 0) is 4.74 Å². The number of hydrogen-bond acceptors (Lipinski definition) is 5. The highest BCUT2D eigenvalue weighted by atomic mass is 79.9. The molecule has 1 atom stereocenters. The molecule has 0 radical (unpaired) electrons. The number of esters is 1. The van der Waals surface area contributed by atoms with E-state index in [9.17, 15) is 4.79 Å². The highest BCUT2D eigenvalue weighted by Crippen LogP contribution is 2.26. The standard InChI is InChI=1S/C13H18BrN3O2/c1-3-9-8-17(7-6-15-9)11-5-4-10(13(18)19-2)16-12(11)14/h4-5,9,15H,3,6-8H2,1-2H3/t9-/m0/s1. The van der Waals surface area contributed by atoms with Crippen LogP contribution in [0.2, 0.25) is 0 Å². The number of anilines is 1. The van der Waals surface area contributed by atoms with E-state index in [1.165, 1.54) is 7.11 Å². The molecule has 5 nitrogen and oxygen atoms in total. The van der Waals surface area contributed by atoms with Crippen LogP contribution in [0.15, 0.2) is 16.7 Å². The van der Waals surface area contributed by atoms with Crippen molar-refractivity contribution >= 4 is 27.6 Å². The normalized spacial score (nSPS) is 19.3. The van der Waals surface area contributed by atoms with Crippen molar-refractivity contribution in [3.63, 3.8) is 0 Å². The van der Waals surface area contributed by atoms with E-state index in [0.717, 1.165) is 31.7 Å². The van der Waals surface area contributed by atoms with Gasteiger partial charge in [0.05, 0.1) is 12.8 Å². The first-order valence-electron chi connectivity index (χ1n) is 6.39. The second-order valence-electron chi connectivity index (χ2n) is 4.50. The smallest absolute Gasteiger partial charge is 0.356 e. The van der Waals surface area contributed by atoms with Crippen molar-refractivity contribution in [2.24, 2.45) is 0 Å². The Labute approximate surface area is 121 Å². The minimum absolute atomic E-state index is 0.320. The summed E-state index contributed by atoms with van der Waals surface area (Å²) in [5, 5.41) is 3.48. The van der Waals surface area contributed by atoms with Crippen LogP contribution in [0.25, 0.3) is 0 Å². The van der Waals surface area contributed by atoms with Gasteiger partial charge in [-0.05, 0) is 34.5 Å². The van der Waals surface area contributed by atoms with E-state index in [1.807, 2.05) is 6.07 Å². The van der Waals surface area contributed by atoms with Crippen molar-refractivity contribution in [3.05, 3.63) is 22.4 Å². The molecular weight excluding hydrogens is 310 g/mol. The van der Waals surface area contributed by atoms with Crippen molar-refractivity contribution in [2.75, 3.05) is 31.6 Å². The van der Waals surface area contributed by atoms with Crippen LogP contribution in [0.4, 0.5) is 5.69 Å². The largest absolute Gasteiger partial charge is 0.464 e. The Morgan fingerprint density at radius 3 is 3.05 bits per heavy atom. The lowest BCUT2D eigenvalue weighted by Gasteiger charge is -2.35. The van der Waals surface area contributed by atoms with Gasteiger partial charge in [-0.2, -0.15) is 0 Å². The zero-order valence-electron chi connectivity index (χ0n) is 11.1. The van der Waals surface area contributed by atoms with Gasteiger partial charge in [0.2, 0.25) is 0 Å². The summed E-state index contributed by atoms with van der Waals surface area (Å²) >= 11 is 3.44. The summed E-state index contributed by atoms with van der Waals surface area (Å²) in [7, 11) is 1.36. The number of halogens is 1. The molecule has 2 heterocycles. The van der Waals surface area contributed by atoms with E-state index in [1.54, 1.807) is 6.07 Å². The number of nitrogens with zero attached hydrogens (tertiary/aromatic N) is 2. The van der Waals surface area contributed by atoms with E-state index >= 15 is 0 Å². The molecule has 1 aliphatic heterocycles. The van der Waals surface area contributed by atoms with Crippen molar-refractivity contribution < 1.29 is 9.53 Å². The number of pyridine rings is 1. The Bertz CT molecular complexity index is 467. The Kier molecular flexibility index (Phi) is 4.76. The van der Waals surface area contributed by atoms with E-state index in [-0.39, 0.29) is 0 Å². The average molecular weight is 328 g/mol. The molecule has 1 saturated heterocycles. The molecular formula is C13H18BrN3O2. The van der Waals surface area contributed by atoms with E-state index in [2.05, 4.69) is 42.8 Å². The van der Waals surface area contributed by atoms with Gasteiger partial charge in [0.1, 0.15) is 10.3 Å². The number of rotatable bonds is 3. The van der Waals surface area contributed by atoms with Crippen LogP contribution < -0.4 is 10.2 Å². The van der Waals surface area contributed by atoms with Gasteiger partial charge in [0.25, 0.3) is 0 Å². The molecule has 1 aromatic heterocycles. The fourth-order valence-corrected chi connectivity index (χ4v) is 2.77. The molecule has 2 rings (SSSR count). The van der Waals surface area contributed by atoms with Gasteiger partial charge in [-0.1, -0.05) is 6.92 Å². The zero-order chi connectivity index (χ0) is 13.8. The molecule has 19 heavy (non-hydrogen) atoms. The molecule has 0 bridgehead atoms. The van der Waals surface area contributed by atoms with Gasteiger partial charge in [-0.25, -0.2) is 9.78 Å². The second kappa shape index (κ2) is 6.34. The number of aromatic nitrogens is 1. The maximum atomic E-state index is 11.4. The summed E-state index contributed by atoms with van der Waals surface area (Å²) in [6, 6.07) is 4.12. The predicted octanol–water partition coefficient (Wildman–Crippen LogP) is 1.82. The van der Waals surface area contributed by atoms with Crippen molar-refractivity contribution in [1.29, 1.82) is 0 Å². The molecule has 6 heteroatoms. The van der Waals surface area contributed by atoms with Crippen LogP contribution in [0.1, 0.15) is 23.8 Å². The number of piperazine rings is 1. The molecule has 104 valence electrons. The topological polar surface area (TPSA) is 54.5 Å². The van der Waals surface area contributed by atoms with E-state index < -0.39 is 5.97 Å². The number of ether oxygens (including phenoxy) is 1. The second-order valence-corrected chi connectivity index (χ2v) is 5.25.